The van der Waals surface area contributed by atoms with Crippen LogP contribution in [0, 0.1) is 5.92 Å². The van der Waals surface area contributed by atoms with E-state index >= 15 is 0 Å². The van der Waals surface area contributed by atoms with E-state index in [0.717, 1.165) is 31.6 Å². The van der Waals surface area contributed by atoms with Crippen LogP contribution in [-0.2, 0) is 31.1 Å². The predicted octanol–water partition coefficient (Wildman–Crippen LogP) is 1.68. The van der Waals surface area contributed by atoms with E-state index < -0.39 is 34.5 Å². The quantitative estimate of drug-likeness (QED) is 0.496. The van der Waals surface area contributed by atoms with Gasteiger partial charge in [0.2, 0.25) is 0 Å². The molecule has 3 atom stereocenters. The number of ether oxygens (including phenoxy) is 1. The van der Waals surface area contributed by atoms with Gasteiger partial charge in [-0.05, 0) is 18.1 Å². The molecule has 0 aliphatic carbocycles. The number of carbonyl (C=O) groups is 2. The van der Waals surface area contributed by atoms with Gasteiger partial charge < -0.3 is 14.9 Å². The standard InChI is InChI=1S/C16H26N4O3S.2C2HF3O2/c1-18(2)24(21,22)20-8-6-16(23-3)14-11-19(12-15(14)20)10-13-5-4-7-17-9-13;2*3-2(4,5)1(6)7/h4-5,7,9,14-16H,6,8,10-12H2,1-3H3;2*(H,6,7)/t14-,15+,16-;;/m0../s1. The van der Waals surface area contributed by atoms with Gasteiger partial charge in [0.25, 0.3) is 10.2 Å². The second-order valence-electron chi connectivity index (χ2n) is 8.36. The van der Waals surface area contributed by atoms with Gasteiger partial charge in [-0.25, -0.2) is 9.59 Å². The Morgan fingerprint density at radius 2 is 1.63 bits per heavy atom. The van der Waals surface area contributed by atoms with Gasteiger partial charge in [-0.3, -0.25) is 9.88 Å². The number of hydrogen-bond acceptors (Lipinski definition) is 7. The molecule has 2 aliphatic heterocycles. The van der Waals surface area contributed by atoms with Crippen LogP contribution >= 0.6 is 0 Å². The minimum Gasteiger partial charge on any atom is -0.475 e. The van der Waals surface area contributed by atoms with E-state index in [2.05, 4.69) is 16.0 Å². The lowest BCUT2D eigenvalue weighted by molar-refractivity contribution is -0.193. The first-order valence-electron chi connectivity index (χ1n) is 10.8. The van der Waals surface area contributed by atoms with E-state index in [1.54, 1.807) is 31.7 Å². The third-order valence-corrected chi connectivity index (χ3v) is 7.53. The van der Waals surface area contributed by atoms with Crippen molar-refractivity contribution in [2.45, 2.75) is 37.5 Å². The number of halogens is 6. The van der Waals surface area contributed by atoms with E-state index in [1.165, 1.54) is 4.31 Å². The number of methoxy groups -OCH3 is 1. The first-order chi connectivity index (χ1) is 17.3. The molecule has 11 nitrogen and oxygen atoms in total. The summed E-state index contributed by atoms with van der Waals surface area (Å²) in [5.41, 5.74) is 1.15. The summed E-state index contributed by atoms with van der Waals surface area (Å²) in [6, 6.07) is 3.95. The highest BCUT2D eigenvalue weighted by atomic mass is 32.2. The number of nitrogens with zero attached hydrogens (tertiary/aromatic N) is 4. The Morgan fingerprint density at radius 1 is 1.11 bits per heavy atom. The number of carboxylic acids is 2. The number of hydrogen-bond donors (Lipinski definition) is 2. The molecule has 1 aromatic heterocycles. The molecule has 38 heavy (non-hydrogen) atoms. The molecule has 2 N–H and O–H groups in total. The number of aliphatic carboxylic acids is 2. The molecule has 0 saturated carbocycles. The first kappa shape index (κ1) is 33.5. The fourth-order valence-corrected chi connectivity index (χ4v) is 5.19. The molecule has 2 aliphatic rings. The average molecular weight is 583 g/mol. The number of rotatable bonds is 5. The van der Waals surface area contributed by atoms with Crippen LogP contribution in [0.25, 0.3) is 0 Å². The minimum atomic E-state index is -5.08. The van der Waals surface area contributed by atoms with Crippen molar-refractivity contribution in [3.05, 3.63) is 30.1 Å². The van der Waals surface area contributed by atoms with Crippen LogP contribution in [0.4, 0.5) is 26.3 Å². The summed E-state index contributed by atoms with van der Waals surface area (Å²) in [6.07, 6.45) is -5.68. The molecule has 0 spiro atoms. The van der Waals surface area contributed by atoms with Crippen LogP contribution in [0.5, 0.6) is 0 Å². The van der Waals surface area contributed by atoms with Crippen molar-refractivity contribution < 1.29 is 59.3 Å². The van der Waals surface area contributed by atoms with Crippen LogP contribution in [0.15, 0.2) is 24.5 Å². The van der Waals surface area contributed by atoms with Crippen LogP contribution in [0.2, 0.25) is 0 Å². The van der Waals surface area contributed by atoms with Crippen molar-refractivity contribution in [2.75, 3.05) is 40.8 Å². The maximum atomic E-state index is 12.7. The molecule has 3 rings (SSSR count). The summed E-state index contributed by atoms with van der Waals surface area (Å²) in [4.78, 5) is 24.3. The van der Waals surface area contributed by atoms with Crippen molar-refractivity contribution in [3.63, 3.8) is 0 Å². The van der Waals surface area contributed by atoms with Crippen molar-refractivity contribution in [3.8, 4) is 0 Å². The summed E-state index contributed by atoms with van der Waals surface area (Å²) >= 11 is 0. The second-order valence-corrected chi connectivity index (χ2v) is 10.5. The summed E-state index contributed by atoms with van der Waals surface area (Å²) in [6.45, 7) is 2.87. The zero-order valence-corrected chi connectivity index (χ0v) is 21.3. The van der Waals surface area contributed by atoms with E-state index in [0.29, 0.717) is 6.54 Å². The van der Waals surface area contributed by atoms with Crippen LogP contribution in [0.3, 0.4) is 0 Å². The molecule has 0 aromatic carbocycles. The fraction of sp³-hybridized carbons (Fsp3) is 0.650. The monoisotopic (exact) mass is 582 g/mol. The Kier molecular flexibility index (Phi) is 11.9. The van der Waals surface area contributed by atoms with Gasteiger partial charge in [-0.2, -0.15) is 43.4 Å². The lowest BCUT2D eigenvalue weighted by Crippen LogP contribution is -2.56. The van der Waals surface area contributed by atoms with Gasteiger partial charge >= 0.3 is 24.3 Å². The first-order valence-corrected chi connectivity index (χ1v) is 12.2. The Bertz CT molecular complexity index is 1000. The highest BCUT2D eigenvalue weighted by Gasteiger charge is 2.48. The molecule has 2 saturated heterocycles. The second kappa shape index (κ2) is 13.5. The van der Waals surface area contributed by atoms with Crippen molar-refractivity contribution in [1.82, 2.24) is 18.5 Å². The smallest absolute Gasteiger partial charge is 0.475 e. The number of pyridine rings is 1. The van der Waals surface area contributed by atoms with Gasteiger partial charge in [0.05, 0.1) is 6.10 Å². The molecular formula is C20H28F6N4O7S. The maximum absolute atomic E-state index is 12.7. The van der Waals surface area contributed by atoms with Crippen LogP contribution in [0.1, 0.15) is 12.0 Å². The zero-order valence-electron chi connectivity index (χ0n) is 20.5. The maximum Gasteiger partial charge on any atom is 0.490 e. The van der Waals surface area contributed by atoms with E-state index in [-0.39, 0.29) is 18.1 Å². The highest BCUT2D eigenvalue weighted by molar-refractivity contribution is 7.86. The Labute approximate surface area is 214 Å². The fourth-order valence-electron chi connectivity index (χ4n) is 3.87. The predicted molar refractivity (Wildman–Crippen MR) is 119 cm³/mol. The Balaban J connectivity index is 0.000000426. The number of carboxylic acid groups (broad SMARTS) is 2. The molecule has 1 aromatic rings. The Morgan fingerprint density at radius 3 is 2.03 bits per heavy atom. The van der Waals surface area contributed by atoms with E-state index in [9.17, 15) is 34.8 Å². The molecule has 3 heterocycles. The molecule has 0 radical (unpaired) electrons. The number of alkyl halides is 6. The Hall–Kier alpha value is -2.54. The van der Waals surface area contributed by atoms with Gasteiger partial charge in [0.15, 0.2) is 0 Å². The summed E-state index contributed by atoms with van der Waals surface area (Å²) in [7, 11) is 1.50. The van der Waals surface area contributed by atoms with Gasteiger partial charge in [0, 0.05) is 71.7 Å². The van der Waals surface area contributed by atoms with Crippen molar-refractivity contribution >= 4 is 22.1 Å². The number of piperidine rings is 1. The largest absolute Gasteiger partial charge is 0.490 e. The topological polar surface area (TPSA) is 141 Å². The lowest BCUT2D eigenvalue weighted by atomic mass is 9.91. The number of fused-ring (bicyclic) bond motifs is 1. The third-order valence-electron chi connectivity index (χ3n) is 5.56. The minimum absolute atomic E-state index is 0.0345. The molecule has 0 bridgehead atoms. The average Bonchev–Trinajstić information content (AvgIpc) is 3.21. The van der Waals surface area contributed by atoms with Gasteiger partial charge in [0.1, 0.15) is 0 Å². The molecule has 2 fully saturated rings. The van der Waals surface area contributed by atoms with Gasteiger partial charge in [-0.1, -0.05) is 6.07 Å². The summed E-state index contributed by atoms with van der Waals surface area (Å²) in [5, 5.41) is 14.2. The number of likely N-dealkylation sites (tertiary alicyclic amines) is 1. The third kappa shape index (κ3) is 9.64. The van der Waals surface area contributed by atoms with Crippen molar-refractivity contribution in [2.24, 2.45) is 5.92 Å². The molecular weight excluding hydrogens is 554 g/mol. The zero-order chi connectivity index (χ0) is 29.5. The lowest BCUT2D eigenvalue weighted by Gasteiger charge is -2.40. The summed E-state index contributed by atoms with van der Waals surface area (Å²) in [5.74, 6) is -5.31. The number of aromatic nitrogens is 1. The SMILES string of the molecule is CO[C@H]1CCN(S(=O)(=O)N(C)C)[C@@H]2CN(Cc3cccnc3)C[C@H]12.O=C(O)C(F)(F)F.O=C(O)C(F)(F)F. The molecule has 0 amide bonds. The van der Waals surface area contributed by atoms with Crippen LogP contribution < -0.4 is 0 Å². The normalized spacial score (nSPS) is 22.5. The van der Waals surface area contributed by atoms with Gasteiger partial charge in [-0.15, -0.1) is 0 Å². The highest BCUT2D eigenvalue weighted by Crippen LogP contribution is 2.35. The summed E-state index contributed by atoms with van der Waals surface area (Å²) < 4.78 is 97.4. The molecule has 18 heteroatoms. The van der Waals surface area contributed by atoms with Crippen molar-refractivity contribution in [1.29, 1.82) is 0 Å². The molecule has 0 unspecified atom stereocenters. The van der Waals surface area contributed by atoms with Crippen LogP contribution in [-0.4, -0.2) is 114 Å². The van der Waals surface area contributed by atoms with E-state index in [4.69, 9.17) is 24.5 Å². The molecule has 218 valence electrons. The van der Waals surface area contributed by atoms with E-state index in [1.807, 2.05) is 12.3 Å².